The Bertz CT molecular complexity index is 696. The quantitative estimate of drug-likeness (QED) is 0.247. The van der Waals surface area contributed by atoms with Crippen molar-refractivity contribution in [3.63, 3.8) is 0 Å². The number of ether oxygens (including phenoxy) is 3. The highest BCUT2D eigenvalue weighted by Crippen LogP contribution is 2.27. The predicted octanol–water partition coefficient (Wildman–Crippen LogP) is 3.46. The van der Waals surface area contributed by atoms with Gasteiger partial charge in [-0.15, -0.1) is 24.0 Å². The lowest BCUT2D eigenvalue weighted by atomic mass is 10.2. The van der Waals surface area contributed by atoms with Gasteiger partial charge in [0.15, 0.2) is 17.5 Å². The van der Waals surface area contributed by atoms with E-state index in [1.54, 1.807) is 14.2 Å². The first kappa shape index (κ1) is 22.9. The van der Waals surface area contributed by atoms with Gasteiger partial charge in [0, 0.05) is 13.6 Å². The molecule has 0 bridgehead atoms. The SMILES string of the molecule is CCOc1ccc(CNC(=NC)NCCOc2ccccc2)cc1OC.I. The Balaban J connectivity index is 0.00000364. The lowest BCUT2D eigenvalue weighted by Gasteiger charge is -2.14. The van der Waals surface area contributed by atoms with Gasteiger partial charge in [-0.05, 0) is 36.8 Å². The minimum Gasteiger partial charge on any atom is -0.493 e. The molecule has 2 rings (SSSR count). The molecule has 0 heterocycles. The van der Waals surface area contributed by atoms with Gasteiger partial charge in [-0.1, -0.05) is 24.3 Å². The highest BCUT2D eigenvalue weighted by Gasteiger charge is 2.06. The van der Waals surface area contributed by atoms with E-state index in [1.165, 1.54) is 0 Å². The number of para-hydroxylation sites is 1. The summed E-state index contributed by atoms with van der Waals surface area (Å²) in [5, 5.41) is 6.50. The number of aliphatic imine (C=N–C) groups is 1. The standard InChI is InChI=1S/C20H27N3O3.HI/c1-4-25-18-11-10-16(14-19(18)24-3)15-23-20(21-2)22-12-13-26-17-8-6-5-7-9-17;/h5-11,14H,4,12-13,15H2,1-3H3,(H2,21,22,23);1H. The van der Waals surface area contributed by atoms with Crippen LogP contribution in [0.25, 0.3) is 0 Å². The molecule has 0 saturated heterocycles. The van der Waals surface area contributed by atoms with Crippen LogP contribution in [0.2, 0.25) is 0 Å². The van der Waals surface area contributed by atoms with Crippen molar-refractivity contribution in [2.24, 2.45) is 4.99 Å². The Kier molecular flexibility index (Phi) is 11.1. The van der Waals surface area contributed by atoms with Crippen molar-refractivity contribution in [1.82, 2.24) is 10.6 Å². The second kappa shape index (κ2) is 13.1. The van der Waals surface area contributed by atoms with E-state index in [4.69, 9.17) is 14.2 Å². The molecule has 0 atom stereocenters. The van der Waals surface area contributed by atoms with E-state index in [2.05, 4.69) is 15.6 Å². The first-order valence-corrected chi connectivity index (χ1v) is 8.69. The highest BCUT2D eigenvalue weighted by molar-refractivity contribution is 14.0. The van der Waals surface area contributed by atoms with Gasteiger partial charge in [0.25, 0.3) is 0 Å². The van der Waals surface area contributed by atoms with Crippen LogP contribution in [0.1, 0.15) is 12.5 Å². The van der Waals surface area contributed by atoms with Crippen LogP contribution < -0.4 is 24.8 Å². The summed E-state index contributed by atoms with van der Waals surface area (Å²) in [6.45, 7) is 4.40. The molecule has 0 aliphatic heterocycles. The maximum Gasteiger partial charge on any atom is 0.191 e. The Morgan fingerprint density at radius 1 is 1.00 bits per heavy atom. The zero-order valence-corrected chi connectivity index (χ0v) is 18.4. The van der Waals surface area contributed by atoms with E-state index < -0.39 is 0 Å². The Hall–Kier alpha value is -2.16. The number of hydrogen-bond acceptors (Lipinski definition) is 4. The summed E-state index contributed by atoms with van der Waals surface area (Å²) >= 11 is 0. The van der Waals surface area contributed by atoms with Gasteiger partial charge in [0.2, 0.25) is 0 Å². The third kappa shape index (κ3) is 7.94. The zero-order valence-electron chi connectivity index (χ0n) is 16.0. The Morgan fingerprint density at radius 2 is 1.78 bits per heavy atom. The maximum absolute atomic E-state index is 5.65. The lowest BCUT2D eigenvalue weighted by Crippen LogP contribution is -2.38. The molecule has 7 heteroatoms. The smallest absolute Gasteiger partial charge is 0.191 e. The molecule has 0 fully saturated rings. The topological polar surface area (TPSA) is 64.1 Å². The van der Waals surface area contributed by atoms with Gasteiger partial charge in [0.05, 0.1) is 20.3 Å². The fourth-order valence-electron chi connectivity index (χ4n) is 2.36. The van der Waals surface area contributed by atoms with Crippen molar-refractivity contribution in [1.29, 1.82) is 0 Å². The minimum atomic E-state index is 0. The van der Waals surface area contributed by atoms with E-state index >= 15 is 0 Å². The summed E-state index contributed by atoms with van der Waals surface area (Å²) in [5.74, 6) is 3.05. The normalized spacial score (nSPS) is 10.6. The molecule has 0 unspecified atom stereocenters. The molecule has 6 nitrogen and oxygen atoms in total. The number of benzene rings is 2. The second-order valence-corrected chi connectivity index (χ2v) is 5.43. The average Bonchev–Trinajstić information content (AvgIpc) is 2.69. The third-order valence-corrected chi connectivity index (χ3v) is 3.62. The van der Waals surface area contributed by atoms with Crippen LogP contribution in [0, 0.1) is 0 Å². The zero-order chi connectivity index (χ0) is 18.6. The van der Waals surface area contributed by atoms with E-state index in [0.29, 0.717) is 26.3 Å². The molecule has 0 aliphatic carbocycles. The summed E-state index contributed by atoms with van der Waals surface area (Å²) < 4.78 is 16.6. The van der Waals surface area contributed by atoms with Crippen LogP contribution in [0.5, 0.6) is 17.2 Å². The van der Waals surface area contributed by atoms with E-state index in [9.17, 15) is 0 Å². The molecule has 0 saturated carbocycles. The first-order chi connectivity index (χ1) is 12.8. The molecule has 0 amide bonds. The number of guanidine groups is 1. The van der Waals surface area contributed by atoms with Crippen molar-refractivity contribution < 1.29 is 14.2 Å². The third-order valence-electron chi connectivity index (χ3n) is 3.62. The van der Waals surface area contributed by atoms with Crippen LogP contribution in [-0.4, -0.2) is 39.9 Å². The molecule has 0 aromatic heterocycles. The summed E-state index contributed by atoms with van der Waals surface area (Å²) in [4.78, 5) is 4.22. The molecular weight excluding hydrogens is 457 g/mol. The Morgan fingerprint density at radius 3 is 2.44 bits per heavy atom. The van der Waals surface area contributed by atoms with Crippen molar-refractivity contribution in [2.45, 2.75) is 13.5 Å². The van der Waals surface area contributed by atoms with Crippen LogP contribution in [0.3, 0.4) is 0 Å². The van der Waals surface area contributed by atoms with Crippen molar-refractivity contribution in [3.05, 3.63) is 54.1 Å². The number of hydrogen-bond donors (Lipinski definition) is 2. The first-order valence-electron chi connectivity index (χ1n) is 8.69. The number of nitrogens with zero attached hydrogens (tertiary/aromatic N) is 1. The fourth-order valence-corrected chi connectivity index (χ4v) is 2.36. The van der Waals surface area contributed by atoms with Crippen LogP contribution in [0.15, 0.2) is 53.5 Å². The molecular formula is C20H28IN3O3. The minimum absolute atomic E-state index is 0. The van der Waals surface area contributed by atoms with Gasteiger partial charge < -0.3 is 24.8 Å². The Labute approximate surface area is 178 Å². The molecule has 2 N–H and O–H groups in total. The molecule has 148 valence electrons. The van der Waals surface area contributed by atoms with Gasteiger partial charge in [-0.3, -0.25) is 4.99 Å². The summed E-state index contributed by atoms with van der Waals surface area (Å²) in [5.41, 5.74) is 1.08. The maximum atomic E-state index is 5.65. The molecule has 0 radical (unpaired) electrons. The lowest BCUT2D eigenvalue weighted by molar-refractivity contribution is 0.310. The van der Waals surface area contributed by atoms with Gasteiger partial charge in [-0.25, -0.2) is 0 Å². The number of nitrogens with one attached hydrogen (secondary N) is 2. The van der Waals surface area contributed by atoms with Crippen molar-refractivity contribution in [2.75, 3.05) is 33.9 Å². The summed E-state index contributed by atoms with van der Waals surface area (Å²) in [6.07, 6.45) is 0. The summed E-state index contributed by atoms with van der Waals surface area (Å²) in [6, 6.07) is 15.6. The number of rotatable bonds is 9. The fraction of sp³-hybridized carbons (Fsp3) is 0.350. The average molecular weight is 485 g/mol. The molecule has 2 aromatic rings. The molecule has 27 heavy (non-hydrogen) atoms. The molecule has 0 spiro atoms. The number of halogens is 1. The van der Waals surface area contributed by atoms with Crippen LogP contribution >= 0.6 is 24.0 Å². The van der Waals surface area contributed by atoms with Crippen LogP contribution in [0.4, 0.5) is 0 Å². The van der Waals surface area contributed by atoms with Crippen LogP contribution in [-0.2, 0) is 6.54 Å². The number of methoxy groups -OCH3 is 1. The van der Waals surface area contributed by atoms with E-state index in [1.807, 2.05) is 55.5 Å². The van der Waals surface area contributed by atoms with E-state index in [0.717, 1.165) is 28.8 Å². The monoisotopic (exact) mass is 485 g/mol. The van der Waals surface area contributed by atoms with Gasteiger partial charge in [-0.2, -0.15) is 0 Å². The molecule has 2 aromatic carbocycles. The summed E-state index contributed by atoms with van der Waals surface area (Å²) in [7, 11) is 3.38. The molecule has 0 aliphatic rings. The second-order valence-electron chi connectivity index (χ2n) is 5.43. The largest absolute Gasteiger partial charge is 0.493 e. The van der Waals surface area contributed by atoms with Gasteiger partial charge >= 0.3 is 0 Å². The highest BCUT2D eigenvalue weighted by atomic mass is 127. The van der Waals surface area contributed by atoms with Crippen molar-refractivity contribution in [3.8, 4) is 17.2 Å². The van der Waals surface area contributed by atoms with Crippen molar-refractivity contribution >= 4 is 29.9 Å². The van der Waals surface area contributed by atoms with E-state index in [-0.39, 0.29) is 24.0 Å². The predicted molar refractivity (Wildman–Crippen MR) is 120 cm³/mol. The van der Waals surface area contributed by atoms with Gasteiger partial charge in [0.1, 0.15) is 12.4 Å².